The third-order valence-electron chi connectivity index (χ3n) is 2.95. The topological polar surface area (TPSA) is 0 Å². The Kier molecular flexibility index (Phi) is 3.03. The van der Waals surface area contributed by atoms with Gasteiger partial charge in [-0.1, -0.05) is 35.2 Å². The molecule has 2 aliphatic rings. The van der Waals surface area contributed by atoms with E-state index in [1.807, 2.05) is 0 Å². The van der Waals surface area contributed by atoms with Gasteiger partial charge in [-0.2, -0.15) is 0 Å². The van der Waals surface area contributed by atoms with Crippen molar-refractivity contribution in [2.24, 2.45) is 0 Å². The van der Waals surface area contributed by atoms with Crippen LogP contribution in [0.4, 0.5) is 0 Å². The normalized spacial score (nSPS) is 22.1. The molecule has 2 rings (SSSR count). The second-order valence-corrected chi connectivity index (χ2v) is 4.88. The Bertz CT molecular complexity index is 317. The average Bonchev–Trinajstić information content (AvgIpc) is 2.21. The number of rotatable bonds is 1. The van der Waals surface area contributed by atoms with E-state index >= 15 is 0 Å². The Morgan fingerprint density at radius 2 is 1.50 bits per heavy atom. The first kappa shape index (κ1) is 9.93. The molecular weight excluding hydrogens is 187 g/mol. The van der Waals surface area contributed by atoms with Crippen LogP contribution >= 0.6 is 9.24 Å². The molecule has 1 heteroatoms. The van der Waals surface area contributed by atoms with E-state index in [4.69, 9.17) is 0 Å². The molecule has 1 atom stereocenters. The van der Waals surface area contributed by atoms with E-state index in [2.05, 4.69) is 40.5 Å². The molecule has 0 saturated heterocycles. The van der Waals surface area contributed by atoms with Crippen molar-refractivity contribution in [1.29, 1.82) is 0 Å². The molecule has 0 spiro atoms. The zero-order valence-electron chi connectivity index (χ0n) is 8.72. The van der Waals surface area contributed by atoms with Gasteiger partial charge in [0.1, 0.15) is 0 Å². The molecule has 0 radical (unpaired) electrons. The summed E-state index contributed by atoms with van der Waals surface area (Å²) in [6, 6.07) is 0. The highest BCUT2D eigenvalue weighted by Crippen LogP contribution is 2.31. The summed E-state index contributed by atoms with van der Waals surface area (Å²) in [5, 5.41) is 1.43. The van der Waals surface area contributed by atoms with Crippen LogP contribution in [0.25, 0.3) is 0 Å². The predicted molar refractivity (Wildman–Crippen MR) is 66.2 cm³/mol. The van der Waals surface area contributed by atoms with Crippen LogP contribution in [-0.4, -0.2) is 0 Å². The largest absolute Gasteiger partial charge is 0.110 e. The van der Waals surface area contributed by atoms with E-state index in [-0.39, 0.29) is 0 Å². The minimum absolute atomic E-state index is 1.20. The van der Waals surface area contributed by atoms with Gasteiger partial charge in [0.15, 0.2) is 0 Å². The SMILES string of the molecule is CC1=CC=C(C2=CC=C(P)CC2)CC1. The van der Waals surface area contributed by atoms with Crippen LogP contribution in [0.3, 0.4) is 0 Å². The lowest BCUT2D eigenvalue weighted by Gasteiger charge is -2.18. The minimum atomic E-state index is 1.20. The number of allylic oxidation sites excluding steroid dienone is 8. The minimum Gasteiger partial charge on any atom is -0.110 e. The van der Waals surface area contributed by atoms with Crippen LogP contribution in [0.1, 0.15) is 32.6 Å². The lowest BCUT2D eigenvalue weighted by molar-refractivity contribution is 0.866. The maximum absolute atomic E-state index is 2.80. The fourth-order valence-corrected chi connectivity index (χ4v) is 2.17. The monoisotopic (exact) mass is 204 g/mol. The molecule has 0 saturated carbocycles. The molecular formula is C13H17P. The zero-order chi connectivity index (χ0) is 9.97. The maximum Gasteiger partial charge on any atom is -0.0235 e. The molecule has 0 aromatic rings. The fraction of sp³-hybridized carbons (Fsp3) is 0.385. The smallest absolute Gasteiger partial charge is 0.0235 e. The Hall–Kier alpha value is -0.610. The molecule has 0 heterocycles. The molecule has 0 aliphatic heterocycles. The fourth-order valence-electron chi connectivity index (χ4n) is 1.93. The first-order valence-electron chi connectivity index (χ1n) is 5.27. The van der Waals surface area contributed by atoms with E-state index in [0.717, 1.165) is 0 Å². The molecule has 0 N–H and O–H groups in total. The maximum atomic E-state index is 2.80. The Morgan fingerprint density at radius 3 is 2.00 bits per heavy atom. The Morgan fingerprint density at radius 1 is 0.857 bits per heavy atom. The van der Waals surface area contributed by atoms with Gasteiger partial charge in [-0.05, 0) is 43.8 Å². The van der Waals surface area contributed by atoms with Gasteiger partial charge in [0.25, 0.3) is 0 Å². The van der Waals surface area contributed by atoms with E-state index in [9.17, 15) is 0 Å². The van der Waals surface area contributed by atoms with Crippen molar-refractivity contribution >= 4 is 9.24 Å². The summed E-state index contributed by atoms with van der Waals surface area (Å²) in [5.74, 6) is 0. The van der Waals surface area contributed by atoms with Gasteiger partial charge in [0.2, 0.25) is 0 Å². The van der Waals surface area contributed by atoms with Crippen molar-refractivity contribution < 1.29 is 0 Å². The van der Waals surface area contributed by atoms with Gasteiger partial charge in [0.05, 0.1) is 0 Å². The van der Waals surface area contributed by atoms with Crippen molar-refractivity contribution in [3.8, 4) is 0 Å². The molecule has 2 aliphatic carbocycles. The number of hydrogen-bond acceptors (Lipinski definition) is 0. The molecule has 0 fully saturated rings. The average molecular weight is 204 g/mol. The second-order valence-electron chi connectivity index (χ2n) is 4.14. The summed E-state index contributed by atoms with van der Waals surface area (Å²) in [4.78, 5) is 0. The molecule has 0 nitrogen and oxygen atoms in total. The third-order valence-corrected chi connectivity index (χ3v) is 3.43. The quantitative estimate of drug-likeness (QED) is 0.563. The van der Waals surface area contributed by atoms with E-state index in [0.29, 0.717) is 0 Å². The van der Waals surface area contributed by atoms with Crippen LogP contribution in [0.15, 0.2) is 46.3 Å². The lowest BCUT2D eigenvalue weighted by atomic mass is 9.89. The van der Waals surface area contributed by atoms with Gasteiger partial charge in [-0.15, -0.1) is 9.24 Å². The summed E-state index contributed by atoms with van der Waals surface area (Å²) in [6.45, 7) is 2.21. The van der Waals surface area contributed by atoms with Gasteiger partial charge in [0, 0.05) is 0 Å². The van der Waals surface area contributed by atoms with Crippen molar-refractivity contribution in [2.45, 2.75) is 32.6 Å². The highest BCUT2D eigenvalue weighted by Gasteiger charge is 2.10. The lowest BCUT2D eigenvalue weighted by Crippen LogP contribution is -1.98. The van der Waals surface area contributed by atoms with Crippen LogP contribution in [0, 0.1) is 0 Å². The Labute approximate surface area is 88.7 Å². The first-order chi connectivity index (χ1) is 6.75. The standard InChI is InChI=1S/C13H17P/c1-10-2-4-11(5-3-10)12-6-8-13(14)9-7-12/h2,4,6,8H,3,5,7,9,14H2,1H3. The Balaban J connectivity index is 2.17. The first-order valence-corrected chi connectivity index (χ1v) is 5.85. The zero-order valence-corrected chi connectivity index (χ0v) is 9.87. The van der Waals surface area contributed by atoms with Crippen molar-refractivity contribution in [2.75, 3.05) is 0 Å². The van der Waals surface area contributed by atoms with Gasteiger partial charge < -0.3 is 0 Å². The molecule has 0 aromatic heterocycles. The van der Waals surface area contributed by atoms with Crippen LogP contribution in [0.2, 0.25) is 0 Å². The van der Waals surface area contributed by atoms with Crippen molar-refractivity contribution in [1.82, 2.24) is 0 Å². The molecule has 1 unspecified atom stereocenters. The van der Waals surface area contributed by atoms with Crippen LogP contribution < -0.4 is 0 Å². The third kappa shape index (κ3) is 2.25. The predicted octanol–water partition coefficient (Wildman–Crippen LogP) is 4.13. The van der Waals surface area contributed by atoms with E-state index in [1.54, 1.807) is 11.1 Å². The van der Waals surface area contributed by atoms with Crippen molar-refractivity contribution in [3.05, 3.63) is 46.3 Å². The number of hydrogen-bond donors (Lipinski definition) is 0. The molecule has 0 aromatic carbocycles. The van der Waals surface area contributed by atoms with Crippen molar-refractivity contribution in [3.63, 3.8) is 0 Å². The molecule has 0 bridgehead atoms. The molecule has 0 amide bonds. The summed E-state index contributed by atoms with van der Waals surface area (Å²) in [5.41, 5.74) is 4.59. The van der Waals surface area contributed by atoms with E-state index < -0.39 is 0 Å². The van der Waals surface area contributed by atoms with Crippen LogP contribution in [-0.2, 0) is 0 Å². The summed E-state index contributed by atoms with van der Waals surface area (Å²) in [7, 11) is 2.80. The summed E-state index contributed by atoms with van der Waals surface area (Å²) in [6.07, 6.45) is 14.0. The highest BCUT2D eigenvalue weighted by atomic mass is 31.0. The second kappa shape index (κ2) is 4.28. The van der Waals surface area contributed by atoms with Crippen LogP contribution in [0.5, 0.6) is 0 Å². The van der Waals surface area contributed by atoms with Gasteiger partial charge in [-0.3, -0.25) is 0 Å². The van der Waals surface area contributed by atoms with Gasteiger partial charge in [-0.25, -0.2) is 0 Å². The highest BCUT2D eigenvalue weighted by molar-refractivity contribution is 7.22. The molecule has 74 valence electrons. The summed E-state index contributed by atoms with van der Waals surface area (Å²) >= 11 is 0. The van der Waals surface area contributed by atoms with E-state index in [1.165, 1.54) is 36.6 Å². The molecule has 14 heavy (non-hydrogen) atoms. The van der Waals surface area contributed by atoms with Gasteiger partial charge >= 0.3 is 0 Å². The summed E-state index contributed by atoms with van der Waals surface area (Å²) < 4.78 is 0.